The number of halogens is 3. The molecule has 0 aromatic rings. The molecule has 0 radical (unpaired) electrons. The molecule has 1 nitrogen and oxygen atoms in total. The van der Waals surface area contributed by atoms with Crippen LogP contribution in [0.15, 0.2) is 0 Å². The van der Waals surface area contributed by atoms with E-state index >= 15 is 0 Å². The standard InChI is InChI=1S/C5H6F2IN/c6-5(7)3-1-2-9(8)4(3)5/h3-4H,1-2H2. The Labute approximate surface area is 65.9 Å². The smallest absolute Gasteiger partial charge is 0.238 e. The third-order valence-corrected chi connectivity index (χ3v) is 3.20. The van der Waals surface area contributed by atoms with E-state index < -0.39 is 12.0 Å². The van der Waals surface area contributed by atoms with E-state index in [9.17, 15) is 8.78 Å². The van der Waals surface area contributed by atoms with Crippen molar-refractivity contribution in [1.82, 2.24) is 3.11 Å². The Morgan fingerprint density at radius 3 is 2.44 bits per heavy atom. The van der Waals surface area contributed by atoms with E-state index in [1.54, 1.807) is 3.11 Å². The second-order valence-electron chi connectivity index (χ2n) is 2.64. The maximum Gasteiger partial charge on any atom is 0.269 e. The number of fused-ring (bicyclic) bond motifs is 1. The Kier molecular flexibility index (Phi) is 1.10. The van der Waals surface area contributed by atoms with Crippen LogP contribution in [0.4, 0.5) is 8.78 Å². The van der Waals surface area contributed by atoms with Crippen molar-refractivity contribution in [3.63, 3.8) is 0 Å². The van der Waals surface area contributed by atoms with Gasteiger partial charge in [-0.1, -0.05) is 0 Å². The fourth-order valence-electron chi connectivity index (χ4n) is 1.51. The molecule has 4 heteroatoms. The van der Waals surface area contributed by atoms with E-state index in [4.69, 9.17) is 0 Å². The molecule has 0 spiro atoms. The summed E-state index contributed by atoms with van der Waals surface area (Å²) in [5.41, 5.74) is 0. The highest BCUT2D eigenvalue weighted by Crippen LogP contribution is 2.58. The molecule has 1 aliphatic heterocycles. The predicted octanol–water partition coefficient (Wildman–Crippen LogP) is 1.68. The lowest BCUT2D eigenvalue weighted by atomic mass is 10.3. The van der Waals surface area contributed by atoms with Crippen LogP contribution in [-0.2, 0) is 0 Å². The minimum Gasteiger partial charge on any atom is -0.238 e. The highest BCUT2D eigenvalue weighted by molar-refractivity contribution is 14.1. The van der Waals surface area contributed by atoms with E-state index in [1.807, 2.05) is 22.9 Å². The summed E-state index contributed by atoms with van der Waals surface area (Å²) in [4.78, 5) is 0. The second kappa shape index (κ2) is 1.58. The highest BCUT2D eigenvalue weighted by Gasteiger charge is 2.72. The third kappa shape index (κ3) is 0.661. The second-order valence-corrected chi connectivity index (χ2v) is 3.88. The average molecular weight is 245 g/mol. The molecule has 52 valence electrons. The van der Waals surface area contributed by atoms with Gasteiger partial charge in [-0.05, 0) is 6.42 Å². The molecule has 0 aromatic heterocycles. The number of nitrogens with zero attached hydrogens (tertiary/aromatic N) is 1. The Morgan fingerprint density at radius 2 is 2.22 bits per heavy atom. The zero-order valence-corrected chi connectivity index (χ0v) is 6.81. The van der Waals surface area contributed by atoms with Crippen molar-refractivity contribution >= 4 is 22.9 Å². The van der Waals surface area contributed by atoms with E-state index in [0.717, 1.165) is 6.54 Å². The Bertz CT molecular complexity index is 150. The predicted molar refractivity (Wildman–Crippen MR) is 37.6 cm³/mol. The molecule has 0 aromatic carbocycles. The first-order chi connectivity index (χ1) is 4.14. The molecule has 2 unspecified atom stereocenters. The van der Waals surface area contributed by atoms with E-state index in [0.29, 0.717) is 6.42 Å². The zero-order valence-electron chi connectivity index (χ0n) is 4.65. The number of hydrogen-bond acceptors (Lipinski definition) is 1. The Hall–Kier alpha value is 0.550. The highest BCUT2D eigenvalue weighted by atomic mass is 127. The molecule has 1 aliphatic carbocycles. The fraction of sp³-hybridized carbons (Fsp3) is 1.00. The minimum atomic E-state index is -2.35. The lowest BCUT2D eigenvalue weighted by molar-refractivity contribution is 0.0705. The maximum absolute atomic E-state index is 12.4. The van der Waals surface area contributed by atoms with E-state index in [-0.39, 0.29) is 5.92 Å². The van der Waals surface area contributed by atoms with Gasteiger partial charge in [-0.15, -0.1) is 0 Å². The SMILES string of the molecule is FC1(F)C2CCN(I)C21. The number of alkyl halides is 2. The summed E-state index contributed by atoms with van der Waals surface area (Å²) in [6.45, 7) is 0.839. The molecule has 2 aliphatic rings. The molecule has 9 heavy (non-hydrogen) atoms. The lowest BCUT2D eigenvalue weighted by Gasteiger charge is -2.08. The van der Waals surface area contributed by atoms with Crippen LogP contribution in [0.25, 0.3) is 0 Å². The van der Waals surface area contributed by atoms with Gasteiger partial charge in [-0.3, -0.25) is 0 Å². The van der Waals surface area contributed by atoms with Crippen molar-refractivity contribution in [3.05, 3.63) is 0 Å². The summed E-state index contributed by atoms with van der Waals surface area (Å²) in [6.07, 6.45) is 0.681. The third-order valence-electron chi connectivity index (χ3n) is 2.12. The van der Waals surface area contributed by atoms with Gasteiger partial charge in [0.1, 0.15) is 0 Å². The summed E-state index contributed by atoms with van der Waals surface area (Å²) in [5.74, 6) is -2.66. The molecular weight excluding hydrogens is 239 g/mol. The zero-order chi connectivity index (χ0) is 6.65. The molecule has 2 rings (SSSR count). The summed E-state index contributed by atoms with van der Waals surface area (Å²) < 4.78 is 26.6. The number of rotatable bonds is 0. The maximum atomic E-state index is 12.4. The van der Waals surface area contributed by atoms with Crippen LogP contribution in [0, 0.1) is 5.92 Å². The van der Waals surface area contributed by atoms with Gasteiger partial charge in [-0.2, -0.15) is 0 Å². The Morgan fingerprint density at radius 1 is 1.56 bits per heavy atom. The first kappa shape index (κ1) is 6.27. The number of hydrogen-bond donors (Lipinski definition) is 0. The van der Waals surface area contributed by atoms with Crippen LogP contribution in [-0.4, -0.2) is 21.6 Å². The van der Waals surface area contributed by atoms with Crippen LogP contribution in [0.1, 0.15) is 6.42 Å². The van der Waals surface area contributed by atoms with Crippen LogP contribution < -0.4 is 0 Å². The monoisotopic (exact) mass is 245 g/mol. The van der Waals surface area contributed by atoms with Crippen molar-refractivity contribution in [1.29, 1.82) is 0 Å². The van der Waals surface area contributed by atoms with Gasteiger partial charge in [0, 0.05) is 35.3 Å². The molecule has 1 heterocycles. The quantitative estimate of drug-likeness (QED) is 0.463. The summed E-state index contributed by atoms with van der Waals surface area (Å²) in [6, 6.07) is -0.418. The molecule has 2 fully saturated rings. The van der Waals surface area contributed by atoms with Gasteiger partial charge in [0.05, 0.1) is 6.04 Å². The van der Waals surface area contributed by atoms with Crippen LogP contribution >= 0.6 is 22.9 Å². The van der Waals surface area contributed by atoms with Crippen molar-refractivity contribution in [2.75, 3.05) is 6.54 Å². The van der Waals surface area contributed by atoms with Crippen molar-refractivity contribution in [3.8, 4) is 0 Å². The summed E-state index contributed by atoms with van der Waals surface area (Å²) in [5, 5.41) is 0. The topological polar surface area (TPSA) is 3.24 Å². The summed E-state index contributed by atoms with van der Waals surface area (Å²) in [7, 11) is 0. The lowest BCUT2D eigenvalue weighted by Crippen LogP contribution is -2.18. The first-order valence-corrected chi connectivity index (χ1v) is 3.91. The van der Waals surface area contributed by atoms with Gasteiger partial charge >= 0.3 is 0 Å². The van der Waals surface area contributed by atoms with Crippen molar-refractivity contribution in [2.24, 2.45) is 5.92 Å². The van der Waals surface area contributed by atoms with Crippen LogP contribution in [0.5, 0.6) is 0 Å². The molecule has 1 saturated carbocycles. The van der Waals surface area contributed by atoms with Crippen molar-refractivity contribution in [2.45, 2.75) is 18.4 Å². The van der Waals surface area contributed by atoms with Gasteiger partial charge in [0.25, 0.3) is 5.92 Å². The average Bonchev–Trinajstić information content (AvgIpc) is 2.19. The molecule has 0 bridgehead atoms. The molecule has 1 saturated heterocycles. The van der Waals surface area contributed by atoms with Gasteiger partial charge < -0.3 is 0 Å². The van der Waals surface area contributed by atoms with Gasteiger partial charge in [0.15, 0.2) is 0 Å². The van der Waals surface area contributed by atoms with Crippen LogP contribution in [0.2, 0.25) is 0 Å². The largest absolute Gasteiger partial charge is 0.269 e. The van der Waals surface area contributed by atoms with E-state index in [1.165, 1.54) is 0 Å². The minimum absolute atomic E-state index is 0.311. The normalized spacial score (nSPS) is 47.0. The van der Waals surface area contributed by atoms with Gasteiger partial charge in [-0.25, -0.2) is 11.9 Å². The van der Waals surface area contributed by atoms with E-state index in [2.05, 4.69) is 0 Å². The van der Waals surface area contributed by atoms with Crippen molar-refractivity contribution < 1.29 is 8.78 Å². The number of piperidine rings is 1. The fourth-order valence-corrected chi connectivity index (χ4v) is 2.54. The van der Waals surface area contributed by atoms with Crippen LogP contribution in [0.3, 0.4) is 0 Å². The molecule has 0 N–H and O–H groups in total. The first-order valence-electron chi connectivity index (χ1n) is 2.94. The van der Waals surface area contributed by atoms with Gasteiger partial charge in [0.2, 0.25) is 0 Å². The molecular formula is C5H6F2IN. The Balaban J connectivity index is 2.14. The molecule has 0 amide bonds. The summed E-state index contributed by atoms with van der Waals surface area (Å²) >= 11 is 1.98. The molecule has 2 atom stereocenters.